The highest BCUT2D eigenvalue weighted by atomic mass is 32.2. The number of ether oxygens (including phenoxy) is 2. The van der Waals surface area contributed by atoms with Crippen molar-refractivity contribution in [1.29, 1.82) is 0 Å². The van der Waals surface area contributed by atoms with Crippen LogP contribution in [0.15, 0.2) is 59.8 Å². The Balaban J connectivity index is 1.45. The summed E-state index contributed by atoms with van der Waals surface area (Å²) in [5, 5.41) is 12.7. The van der Waals surface area contributed by atoms with E-state index in [1.54, 1.807) is 7.11 Å². The van der Waals surface area contributed by atoms with Crippen molar-refractivity contribution >= 4 is 23.6 Å². The monoisotopic (exact) mass is 467 g/mol. The number of anilines is 1. The summed E-state index contributed by atoms with van der Waals surface area (Å²) < 4.78 is 13.0. The molecule has 2 aromatic carbocycles. The van der Waals surface area contributed by atoms with Gasteiger partial charge in [-0.2, -0.15) is 0 Å². The van der Waals surface area contributed by atoms with Gasteiger partial charge in [-0.3, -0.25) is 9.36 Å². The molecule has 1 N–H and O–H groups in total. The van der Waals surface area contributed by atoms with Gasteiger partial charge in [-0.25, -0.2) is 0 Å². The molecule has 1 fully saturated rings. The molecule has 8 nitrogen and oxygen atoms in total. The van der Waals surface area contributed by atoms with E-state index in [-0.39, 0.29) is 17.7 Å². The second-order valence-corrected chi connectivity index (χ2v) is 8.72. The maximum absolute atomic E-state index is 12.7. The molecule has 2 heterocycles. The van der Waals surface area contributed by atoms with Crippen molar-refractivity contribution in [1.82, 2.24) is 20.1 Å². The van der Waals surface area contributed by atoms with Gasteiger partial charge in [0, 0.05) is 18.7 Å². The first-order chi connectivity index (χ1) is 16.2. The van der Waals surface area contributed by atoms with E-state index in [9.17, 15) is 4.79 Å². The van der Waals surface area contributed by atoms with Crippen molar-refractivity contribution in [2.75, 3.05) is 44.1 Å². The number of aromatic nitrogens is 3. The standard InChI is InChI=1S/C24H29N5O3S/c1-18(20-10-6-7-11-21(20)31-2)25-22(30)17-33-24-27-26-23(28-12-14-32-15-13-28)29(24)16-19-8-4-3-5-9-19/h3-11,18H,12-17H2,1-2H3,(H,25,30). The van der Waals surface area contributed by atoms with E-state index >= 15 is 0 Å². The first-order valence-electron chi connectivity index (χ1n) is 11.0. The number of carbonyl (C=O) groups is 1. The molecular formula is C24H29N5O3S. The lowest BCUT2D eigenvalue weighted by Crippen LogP contribution is -2.38. The Bertz CT molecular complexity index is 1050. The topological polar surface area (TPSA) is 81.5 Å². The second kappa shape index (κ2) is 11.2. The third-order valence-electron chi connectivity index (χ3n) is 5.49. The van der Waals surface area contributed by atoms with Gasteiger partial charge in [0.25, 0.3) is 0 Å². The Morgan fingerprint density at radius 1 is 1.12 bits per heavy atom. The molecule has 4 rings (SSSR count). The number of nitrogens with zero attached hydrogens (tertiary/aromatic N) is 4. The molecule has 0 spiro atoms. The molecule has 1 amide bonds. The Morgan fingerprint density at radius 2 is 1.85 bits per heavy atom. The number of nitrogens with one attached hydrogen (secondary N) is 1. The fraction of sp³-hybridized carbons (Fsp3) is 0.375. The van der Waals surface area contributed by atoms with Crippen LogP contribution in [0.25, 0.3) is 0 Å². The van der Waals surface area contributed by atoms with Crippen molar-refractivity contribution in [2.45, 2.75) is 24.7 Å². The second-order valence-electron chi connectivity index (χ2n) is 7.77. The smallest absolute Gasteiger partial charge is 0.230 e. The van der Waals surface area contributed by atoms with Crippen molar-refractivity contribution in [3.05, 3.63) is 65.7 Å². The molecule has 33 heavy (non-hydrogen) atoms. The van der Waals surface area contributed by atoms with Crippen LogP contribution < -0.4 is 15.0 Å². The molecule has 3 aromatic rings. The van der Waals surface area contributed by atoms with Gasteiger partial charge in [0.05, 0.1) is 38.7 Å². The van der Waals surface area contributed by atoms with Gasteiger partial charge in [-0.05, 0) is 18.6 Å². The van der Waals surface area contributed by atoms with Crippen LogP contribution in [0.5, 0.6) is 5.75 Å². The molecule has 0 bridgehead atoms. The zero-order valence-electron chi connectivity index (χ0n) is 18.9. The summed E-state index contributed by atoms with van der Waals surface area (Å²) in [6, 6.07) is 17.8. The van der Waals surface area contributed by atoms with Crippen molar-refractivity contribution < 1.29 is 14.3 Å². The molecule has 1 aliphatic rings. The Hall–Kier alpha value is -3.04. The minimum Gasteiger partial charge on any atom is -0.496 e. The van der Waals surface area contributed by atoms with E-state index < -0.39 is 0 Å². The van der Waals surface area contributed by atoms with Crippen LogP contribution in [-0.4, -0.2) is 59.8 Å². The van der Waals surface area contributed by atoms with Crippen LogP contribution in [0.1, 0.15) is 24.1 Å². The predicted octanol–water partition coefficient (Wildman–Crippen LogP) is 3.14. The Kier molecular flexibility index (Phi) is 7.85. The van der Waals surface area contributed by atoms with Gasteiger partial charge >= 0.3 is 0 Å². The minimum absolute atomic E-state index is 0.0689. The zero-order chi connectivity index (χ0) is 23.0. The highest BCUT2D eigenvalue weighted by molar-refractivity contribution is 7.99. The summed E-state index contributed by atoms with van der Waals surface area (Å²) in [6.45, 7) is 5.48. The summed E-state index contributed by atoms with van der Waals surface area (Å²) in [7, 11) is 1.63. The minimum atomic E-state index is -0.166. The molecule has 9 heteroatoms. The molecular weight excluding hydrogens is 438 g/mol. The summed E-state index contributed by atoms with van der Waals surface area (Å²) in [5.74, 6) is 1.75. The lowest BCUT2D eigenvalue weighted by molar-refractivity contribution is -0.119. The number of carbonyl (C=O) groups excluding carboxylic acids is 1. The van der Waals surface area contributed by atoms with Crippen LogP contribution in [0.4, 0.5) is 5.95 Å². The molecule has 1 unspecified atom stereocenters. The van der Waals surface area contributed by atoms with E-state index in [2.05, 4.69) is 37.1 Å². The number of para-hydroxylation sites is 1. The van der Waals surface area contributed by atoms with E-state index in [1.165, 1.54) is 11.8 Å². The van der Waals surface area contributed by atoms with E-state index in [0.29, 0.717) is 19.8 Å². The average Bonchev–Trinajstić information content (AvgIpc) is 3.26. The van der Waals surface area contributed by atoms with Gasteiger partial charge < -0.3 is 19.7 Å². The number of benzene rings is 2. The number of rotatable bonds is 9. The average molecular weight is 468 g/mol. The predicted molar refractivity (Wildman–Crippen MR) is 129 cm³/mol. The SMILES string of the molecule is COc1ccccc1C(C)NC(=O)CSc1nnc(N2CCOCC2)n1Cc1ccccc1. The van der Waals surface area contributed by atoms with Gasteiger partial charge in [0.2, 0.25) is 11.9 Å². The maximum atomic E-state index is 12.7. The molecule has 1 atom stereocenters. The van der Waals surface area contributed by atoms with E-state index in [1.807, 2.05) is 49.4 Å². The fourth-order valence-corrected chi connectivity index (χ4v) is 4.55. The molecule has 1 aliphatic heterocycles. The van der Waals surface area contributed by atoms with Gasteiger partial charge in [-0.1, -0.05) is 60.3 Å². The lowest BCUT2D eigenvalue weighted by atomic mass is 10.1. The lowest BCUT2D eigenvalue weighted by Gasteiger charge is -2.28. The summed E-state index contributed by atoms with van der Waals surface area (Å²) in [5.41, 5.74) is 2.10. The summed E-state index contributed by atoms with van der Waals surface area (Å²) in [6.07, 6.45) is 0. The van der Waals surface area contributed by atoms with Crippen LogP contribution in [0.3, 0.4) is 0 Å². The third kappa shape index (κ3) is 5.85. The van der Waals surface area contributed by atoms with E-state index in [4.69, 9.17) is 9.47 Å². The van der Waals surface area contributed by atoms with Crippen molar-refractivity contribution in [3.63, 3.8) is 0 Å². The number of amides is 1. The van der Waals surface area contributed by atoms with Crippen molar-refractivity contribution in [2.24, 2.45) is 0 Å². The zero-order valence-corrected chi connectivity index (χ0v) is 19.8. The van der Waals surface area contributed by atoms with E-state index in [0.717, 1.165) is 41.1 Å². The summed E-state index contributed by atoms with van der Waals surface area (Å²) in [4.78, 5) is 14.9. The van der Waals surface area contributed by atoms with Crippen LogP contribution in [-0.2, 0) is 16.1 Å². The normalized spacial score (nSPS) is 14.7. The highest BCUT2D eigenvalue weighted by Gasteiger charge is 2.22. The molecule has 1 saturated heterocycles. The Morgan fingerprint density at radius 3 is 2.61 bits per heavy atom. The van der Waals surface area contributed by atoms with Crippen LogP contribution in [0, 0.1) is 0 Å². The van der Waals surface area contributed by atoms with Gasteiger partial charge in [0.15, 0.2) is 5.16 Å². The highest BCUT2D eigenvalue weighted by Crippen LogP contribution is 2.26. The fourth-order valence-electron chi connectivity index (χ4n) is 3.80. The quantitative estimate of drug-likeness (QED) is 0.484. The molecule has 0 aliphatic carbocycles. The maximum Gasteiger partial charge on any atom is 0.230 e. The first kappa shape index (κ1) is 23.1. The summed E-state index contributed by atoms with van der Waals surface area (Å²) >= 11 is 1.39. The number of hydrogen-bond acceptors (Lipinski definition) is 7. The largest absolute Gasteiger partial charge is 0.496 e. The number of methoxy groups -OCH3 is 1. The molecule has 1 aromatic heterocycles. The molecule has 0 saturated carbocycles. The molecule has 174 valence electrons. The molecule has 0 radical (unpaired) electrons. The van der Waals surface area contributed by atoms with Gasteiger partial charge in [-0.15, -0.1) is 10.2 Å². The number of thioether (sulfide) groups is 1. The van der Waals surface area contributed by atoms with Crippen LogP contribution in [0.2, 0.25) is 0 Å². The Labute approximate surface area is 198 Å². The first-order valence-corrected chi connectivity index (χ1v) is 12.0. The number of hydrogen-bond donors (Lipinski definition) is 1. The van der Waals surface area contributed by atoms with Crippen LogP contribution >= 0.6 is 11.8 Å². The third-order valence-corrected chi connectivity index (χ3v) is 6.46. The number of morpholine rings is 1. The van der Waals surface area contributed by atoms with Gasteiger partial charge in [0.1, 0.15) is 5.75 Å². The van der Waals surface area contributed by atoms with Crippen molar-refractivity contribution in [3.8, 4) is 5.75 Å².